The van der Waals surface area contributed by atoms with Crippen LogP contribution in [0, 0.1) is 6.92 Å². The Morgan fingerprint density at radius 1 is 1.06 bits per heavy atom. The summed E-state index contributed by atoms with van der Waals surface area (Å²) in [6.45, 7) is 5.93. The molecule has 9 nitrogen and oxygen atoms in total. The number of rotatable bonds is 7. The number of nitrogens with zero attached hydrogens (tertiary/aromatic N) is 5. The van der Waals surface area contributed by atoms with Gasteiger partial charge in [0.25, 0.3) is 0 Å². The minimum absolute atomic E-state index is 0.337. The maximum absolute atomic E-state index is 11.9. The van der Waals surface area contributed by atoms with Crippen molar-refractivity contribution in [1.82, 2.24) is 20.3 Å². The number of aromatic nitrogens is 4. The van der Waals surface area contributed by atoms with Gasteiger partial charge in [-0.3, -0.25) is 0 Å². The highest BCUT2D eigenvalue weighted by atomic mass is 32.2. The second kappa shape index (κ2) is 10.3. The monoisotopic (exact) mass is 490 g/mol. The van der Waals surface area contributed by atoms with Gasteiger partial charge in [-0.05, 0) is 73.4 Å². The van der Waals surface area contributed by atoms with Gasteiger partial charge in [0.05, 0.1) is 12.2 Å². The van der Waals surface area contributed by atoms with Crippen molar-refractivity contribution in [3.8, 4) is 0 Å². The Bertz CT molecular complexity index is 1300. The van der Waals surface area contributed by atoms with E-state index >= 15 is 0 Å². The Labute approximate surface area is 207 Å². The summed E-state index contributed by atoms with van der Waals surface area (Å²) in [6.07, 6.45) is 2.06. The van der Waals surface area contributed by atoms with Crippen LogP contribution in [0.5, 0.6) is 0 Å². The van der Waals surface area contributed by atoms with Gasteiger partial charge in [0.15, 0.2) is 11.6 Å². The molecule has 180 valence electrons. The Morgan fingerprint density at radius 3 is 2.43 bits per heavy atom. The van der Waals surface area contributed by atoms with E-state index < -0.39 is 0 Å². The van der Waals surface area contributed by atoms with E-state index in [9.17, 15) is 4.79 Å². The molecule has 4 aromatic rings. The normalized spacial score (nSPS) is 14.3. The second-order valence-corrected chi connectivity index (χ2v) is 9.72. The van der Waals surface area contributed by atoms with Crippen LogP contribution in [0.3, 0.4) is 0 Å². The molecule has 1 aliphatic rings. The van der Waals surface area contributed by atoms with Crippen molar-refractivity contribution in [3.63, 3.8) is 0 Å². The SMILES string of the molecule is CCOC(=O)c1ccc(Nc2nc3nonc3nc2N2CCC(Sc3ccc(C)cc3)CC2)cc1. The summed E-state index contributed by atoms with van der Waals surface area (Å²) < 4.78 is 9.90. The van der Waals surface area contributed by atoms with Gasteiger partial charge in [0.1, 0.15) is 0 Å². The molecule has 0 atom stereocenters. The maximum Gasteiger partial charge on any atom is 0.338 e. The van der Waals surface area contributed by atoms with E-state index in [-0.39, 0.29) is 5.97 Å². The van der Waals surface area contributed by atoms with Crippen LogP contribution >= 0.6 is 11.8 Å². The largest absolute Gasteiger partial charge is 0.462 e. The van der Waals surface area contributed by atoms with Crippen molar-refractivity contribution in [3.05, 3.63) is 59.7 Å². The van der Waals surface area contributed by atoms with E-state index in [0.717, 1.165) is 31.6 Å². The summed E-state index contributed by atoms with van der Waals surface area (Å²) in [7, 11) is 0. The third kappa shape index (κ3) is 5.37. The molecule has 0 aliphatic carbocycles. The summed E-state index contributed by atoms with van der Waals surface area (Å²) in [4.78, 5) is 24.8. The van der Waals surface area contributed by atoms with Gasteiger partial charge in [-0.15, -0.1) is 11.8 Å². The Morgan fingerprint density at radius 2 is 1.74 bits per heavy atom. The average Bonchev–Trinajstić information content (AvgIpc) is 3.34. The van der Waals surface area contributed by atoms with E-state index in [1.807, 2.05) is 23.9 Å². The number of anilines is 3. The fourth-order valence-electron chi connectivity index (χ4n) is 3.97. The quantitative estimate of drug-likeness (QED) is 0.356. The number of benzene rings is 2. The summed E-state index contributed by atoms with van der Waals surface area (Å²) >= 11 is 1.93. The van der Waals surface area contributed by atoms with E-state index in [1.54, 1.807) is 19.1 Å². The standard InChI is InChI=1S/C25H26N6O3S/c1-3-33-25(32)17-6-8-18(9-7-17)26-23-24(28-22-21(27-23)29-34-30-22)31-14-12-20(13-15-31)35-19-10-4-16(2)5-11-19/h4-11,20H,3,12-15H2,1-2H3,(H,26,27,29). The number of esters is 1. The van der Waals surface area contributed by atoms with Crippen molar-refractivity contribution in [2.24, 2.45) is 0 Å². The topological polar surface area (TPSA) is 106 Å². The lowest BCUT2D eigenvalue weighted by Crippen LogP contribution is -2.36. The number of ether oxygens (including phenoxy) is 1. The van der Waals surface area contributed by atoms with E-state index in [4.69, 9.17) is 14.3 Å². The van der Waals surface area contributed by atoms with E-state index in [0.29, 0.717) is 40.4 Å². The molecule has 0 unspecified atom stereocenters. The molecule has 10 heteroatoms. The Hall–Kier alpha value is -3.66. The molecule has 0 spiro atoms. The number of piperidine rings is 1. The highest BCUT2D eigenvalue weighted by Gasteiger charge is 2.25. The first-order valence-electron chi connectivity index (χ1n) is 11.6. The summed E-state index contributed by atoms with van der Waals surface area (Å²) in [6, 6.07) is 15.8. The molecule has 5 rings (SSSR count). The number of fused-ring (bicyclic) bond motifs is 1. The fraction of sp³-hybridized carbons (Fsp3) is 0.320. The smallest absolute Gasteiger partial charge is 0.338 e. The van der Waals surface area contributed by atoms with Crippen LogP contribution < -0.4 is 10.2 Å². The Balaban J connectivity index is 1.32. The lowest BCUT2D eigenvalue weighted by atomic mass is 10.1. The average molecular weight is 491 g/mol. The van der Waals surface area contributed by atoms with E-state index in [2.05, 4.69) is 56.7 Å². The van der Waals surface area contributed by atoms with E-state index in [1.165, 1.54) is 10.5 Å². The molecule has 35 heavy (non-hydrogen) atoms. The lowest BCUT2D eigenvalue weighted by molar-refractivity contribution is 0.0526. The van der Waals surface area contributed by atoms with Crippen LogP contribution in [-0.2, 0) is 4.74 Å². The van der Waals surface area contributed by atoms with Crippen molar-refractivity contribution in [2.45, 2.75) is 36.8 Å². The number of aryl methyl sites for hydroxylation is 1. The van der Waals surface area contributed by atoms with Crippen LogP contribution in [0.1, 0.15) is 35.7 Å². The van der Waals surface area contributed by atoms with Crippen LogP contribution in [-0.4, -0.2) is 51.2 Å². The van der Waals surface area contributed by atoms with Gasteiger partial charge < -0.3 is 15.0 Å². The van der Waals surface area contributed by atoms with Gasteiger partial charge in [0.2, 0.25) is 11.3 Å². The molecule has 2 aromatic heterocycles. The molecule has 1 saturated heterocycles. The number of thioether (sulfide) groups is 1. The minimum atomic E-state index is -0.346. The first-order chi connectivity index (χ1) is 17.1. The molecule has 1 N–H and O–H groups in total. The predicted octanol–water partition coefficient (Wildman–Crippen LogP) is 5.00. The molecular formula is C25H26N6O3S. The lowest BCUT2D eigenvalue weighted by Gasteiger charge is -2.33. The fourth-order valence-corrected chi connectivity index (χ4v) is 5.09. The second-order valence-electron chi connectivity index (χ2n) is 8.35. The van der Waals surface area contributed by atoms with Gasteiger partial charge in [-0.1, -0.05) is 17.7 Å². The molecule has 2 aromatic carbocycles. The Kier molecular flexibility index (Phi) is 6.80. The van der Waals surface area contributed by atoms with Gasteiger partial charge >= 0.3 is 5.97 Å². The number of hydrogen-bond donors (Lipinski definition) is 1. The highest BCUT2D eigenvalue weighted by Crippen LogP contribution is 2.34. The van der Waals surface area contributed by atoms with Crippen LogP contribution in [0.25, 0.3) is 11.3 Å². The van der Waals surface area contributed by atoms with Gasteiger partial charge in [-0.25, -0.2) is 19.4 Å². The molecule has 1 aliphatic heterocycles. The number of nitrogens with one attached hydrogen (secondary N) is 1. The molecule has 0 bridgehead atoms. The first kappa shape index (κ1) is 23.1. The third-order valence-corrected chi connectivity index (χ3v) is 7.17. The third-order valence-electron chi connectivity index (χ3n) is 5.82. The molecule has 3 heterocycles. The molecule has 0 radical (unpaired) electrons. The zero-order valence-corrected chi connectivity index (χ0v) is 20.4. The molecule has 0 saturated carbocycles. The summed E-state index contributed by atoms with van der Waals surface area (Å²) in [5, 5.41) is 11.6. The molecule has 0 amide bonds. The summed E-state index contributed by atoms with van der Waals surface area (Å²) in [5.74, 6) is 0.934. The summed E-state index contributed by atoms with van der Waals surface area (Å²) in [5.41, 5.74) is 3.25. The molecule has 1 fully saturated rings. The zero-order valence-electron chi connectivity index (χ0n) is 19.6. The first-order valence-corrected chi connectivity index (χ1v) is 12.5. The highest BCUT2D eigenvalue weighted by molar-refractivity contribution is 8.00. The van der Waals surface area contributed by atoms with Gasteiger partial charge in [-0.2, -0.15) is 0 Å². The van der Waals surface area contributed by atoms with Crippen molar-refractivity contribution >= 4 is 46.3 Å². The molecular weight excluding hydrogens is 464 g/mol. The van der Waals surface area contributed by atoms with Gasteiger partial charge in [0, 0.05) is 28.9 Å². The number of carbonyl (C=O) groups excluding carboxylic acids is 1. The number of carbonyl (C=O) groups is 1. The van der Waals surface area contributed by atoms with Crippen molar-refractivity contribution in [1.29, 1.82) is 0 Å². The van der Waals surface area contributed by atoms with Crippen molar-refractivity contribution in [2.75, 3.05) is 29.9 Å². The minimum Gasteiger partial charge on any atom is -0.462 e. The van der Waals surface area contributed by atoms with Crippen LogP contribution in [0.2, 0.25) is 0 Å². The predicted molar refractivity (Wildman–Crippen MR) is 135 cm³/mol. The number of hydrogen-bond acceptors (Lipinski definition) is 10. The maximum atomic E-state index is 11.9. The van der Waals surface area contributed by atoms with Crippen molar-refractivity contribution < 1.29 is 14.2 Å². The van der Waals surface area contributed by atoms with Crippen LogP contribution in [0.4, 0.5) is 17.3 Å². The zero-order chi connectivity index (χ0) is 24.2. The van der Waals surface area contributed by atoms with Crippen LogP contribution in [0.15, 0.2) is 58.1 Å².